The van der Waals surface area contributed by atoms with E-state index < -0.39 is 48.1 Å². The van der Waals surface area contributed by atoms with Crippen LogP contribution in [0.25, 0.3) is 6.08 Å². The molecule has 0 aromatic carbocycles. The smallest absolute Gasteiger partial charge is 0.351 e. The molecule has 0 saturated carbocycles. The number of hydrogen-bond donors (Lipinski definition) is 1. The third kappa shape index (κ3) is 5.64. The van der Waals surface area contributed by atoms with Gasteiger partial charge in [-0.25, -0.2) is 4.79 Å². The lowest BCUT2D eigenvalue weighted by molar-refractivity contribution is -0.166. The first-order valence-electron chi connectivity index (χ1n) is 8.42. The van der Waals surface area contributed by atoms with Gasteiger partial charge in [-0.3, -0.25) is 19.0 Å². The van der Waals surface area contributed by atoms with Crippen molar-refractivity contribution < 1.29 is 33.3 Å². The van der Waals surface area contributed by atoms with Crippen LogP contribution in [-0.4, -0.2) is 52.4 Å². The summed E-state index contributed by atoms with van der Waals surface area (Å²) in [5.41, 5.74) is 5.36. The number of rotatable bonds is 6. The van der Waals surface area contributed by atoms with Gasteiger partial charge in [0.05, 0.1) is 0 Å². The van der Waals surface area contributed by atoms with E-state index in [4.69, 9.17) is 24.7 Å². The van der Waals surface area contributed by atoms with Crippen molar-refractivity contribution >= 4 is 45.7 Å². The van der Waals surface area contributed by atoms with E-state index in [-0.39, 0.29) is 12.4 Å². The molecule has 0 radical (unpaired) electrons. The molecule has 1 aliphatic heterocycles. The molecule has 12 heteroatoms. The van der Waals surface area contributed by atoms with E-state index in [1.165, 1.54) is 18.1 Å². The molecule has 4 atom stereocenters. The van der Waals surface area contributed by atoms with Gasteiger partial charge in [-0.2, -0.15) is 4.98 Å². The third-order valence-electron chi connectivity index (χ3n) is 3.87. The molecule has 29 heavy (non-hydrogen) atoms. The molecule has 1 fully saturated rings. The maximum atomic E-state index is 12.4. The quantitative estimate of drug-likeness (QED) is 0.457. The van der Waals surface area contributed by atoms with E-state index in [1.54, 1.807) is 6.08 Å². The first kappa shape index (κ1) is 22.6. The van der Waals surface area contributed by atoms with Gasteiger partial charge in [-0.15, -0.1) is 0 Å². The lowest BCUT2D eigenvalue weighted by Crippen LogP contribution is -2.42. The summed E-state index contributed by atoms with van der Waals surface area (Å²) in [6, 6.07) is 0. The molecule has 2 rings (SSSR count). The Hall–Kier alpha value is -2.73. The number of anilines is 1. The number of esters is 3. The van der Waals surface area contributed by atoms with Crippen molar-refractivity contribution in [2.24, 2.45) is 0 Å². The molecule has 1 aromatic rings. The Bertz CT molecular complexity index is 884. The fourth-order valence-electron chi connectivity index (χ4n) is 2.79. The number of hydrogen-bond acceptors (Lipinski definition) is 10. The topological polar surface area (TPSA) is 149 Å². The molecule has 1 aromatic heterocycles. The van der Waals surface area contributed by atoms with Gasteiger partial charge in [0.15, 0.2) is 18.4 Å². The van der Waals surface area contributed by atoms with E-state index in [9.17, 15) is 19.2 Å². The average molecular weight is 474 g/mol. The second-order valence-electron chi connectivity index (χ2n) is 6.08. The van der Waals surface area contributed by atoms with Crippen LogP contribution in [0.2, 0.25) is 0 Å². The molecular weight excluding hydrogens is 454 g/mol. The van der Waals surface area contributed by atoms with E-state index in [1.807, 2.05) is 0 Å². The number of carbonyl (C=O) groups excluding carboxylic acids is 3. The number of aromatic nitrogens is 2. The van der Waals surface area contributed by atoms with E-state index in [2.05, 4.69) is 20.9 Å². The largest absolute Gasteiger partial charge is 0.463 e. The van der Waals surface area contributed by atoms with Gasteiger partial charge in [-0.05, 0) is 11.1 Å². The summed E-state index contributed by atoms with van der Waals surface area (Å²) in [5.74, 6) is -1.96. The van der Waals surface area contributed by atoms with Crippen molar-refractivity contribution in [2.45, 2.75) is 45.3 Å². The molecule has 0 spiro atoms. The molecule has 11 nitrogen and oxygen atoms in total. The molecule has 0 amide bonds. The number of nitrogen functional groups attached to an aromatic ring is 1. The van der Waals surface area contributed by atoms with Crippen molar-refractivity contribution in [3.63, 3.8) is 0 Å². The molecule has 2 heterocycles. The Morgan fingerprint density at radius 1 is 1.21 bits per heavy atom. The van der Waals surface area contributed by atoms with Crippen LogP contribution in [0.4, 0.5) is 5.82 Å². The summed E-state index contributed by atoms with van der Waals surface area (Å²) in [4.78, 5) is 52.1. The monoisotopic (exact) mass is 473 g/mol. The summed E-state index contributed by atoms with van der Waals surface area (Å²) in [6.07, 6.45) is -1.60. The van der Waals surface area contributed by atoms with E-state index >= 15 is 0 Å². The van der Waals surface area contributed by atoms with Gasteiger partial charge >= 0.3 is 23.6 Å². The van der Waals surface area contributed by atoms with Crippen LogP contribution < -0.4 is 11.4 Å². The molecule has 158 valence electrons. The fraction of sp³-hybridized carbons (Fsp3) is 0.471. The zero-order chi connectivity index (χ0) is 21.7. The second-order valence-corrected chi connectivity index (χ2v) is 6.61. The summed E-state index contributed by atoms with van der Waals surface area (Å²) in [5, 5.41) is 0. The summed E-state index contributed by atoms with van der Waals surface area (Å²) >= 11 is 3.11. The predicted octanol–water partition coefficient (Wildman–Crippen LogP) is 0.515. The number of nitrogens with two attached hydrogens (primary N) is 1. The van der Waals surface area contributed by atoms with Gasteiger partial charge < -0.3 is 24.7 Å². The molecule has 1 saturated heterocycles. The van der Waals surface area contributed by atoms with Crippen LogP contribution in [0, 0.1) is 0 Å². The van der Waals surface area contributed by atoms with Crippen LogP contribution in [-0.2, 0) is 33.3 Å². The average Bonchev–Trinajstić information content (AvgIpc) is 2.92. The highest BCUT2D eigenvalue weighted by Gasteiger charge is 2.51. The Labute approximate surface area is 173 Å². The molecule has 0 unspecified atom stereocenters. The highest BCUT2D eigenvalue weighted by atomic mass is 79.9. The van der Waals surface area contributed by atoms with Crippen molar-refractivity contribution in [3.05, 3.63) is 27.2 Å². The van der Waals surface area contributed by atoms with E-state index in [0.29, 0.717) is 5.56 Å². The minimum absolute atomic E-state index is 0.0167. The molecule has 0 aliphatic carbocycles. The number of nitrogens with zero attached hydrogens (tertiary/aromatic N) is 2. The van der Waals surface area contributed by atoms with Gasteiger partial charge in [0, 0.05) is 32.5 Å². The van der Waals surface area contributed by atoms with Gasteiger partial charge in [0.25, 0.3) is 0 Å². The van der Waals surface area contributed by atoms with Crippen LogP contribution >= 0.6 is 15.9 Å². The van der Waals surface area contributed by atoms with Crippen molar-refractivity contribution in [2.75, 3.05) is 12.3 Å². The third-order valence-corrected chi connectivity index (χ3v) is 4.13. The number of halogens is 1. The van der Waals surface area contributed by atoms with Crippen LogP contribution in [0.1, 0.15) is 32.6 Å². The SMILES string of the molecule is CC(=O)OC[C@H]1O[C@@H](n2cc(/C=C/Br)c(N)nc2=O)[C@H](OC(C)=O)[C@H]1OC(C)=O. The zero-order valence-corrected chi connectivity index (χ0v) is 17.5. The molecule has 0 bridgehead atoms. The maximum absolute atomic E-state index is 12.4. The zero-order valence-electron chi connectivity index (χ0n) is 15.9. The molecule has 2 N–H and O–H groups in total. The summed E-state index contributed by atoms with van der Waals surface area (Å²) < 4.78 is 22.3. The fourth-order valence-corrected chi connectivity index (χ4v) is 3.08. The Morgan fingerprint density at radius 3 is 2.38 bits per heavy atom. The van der Waals surface area contributed by atoms with E-state index in [0.717, 1.165) is 18.4 Å². The van der Waals surface area contributed by atoms with Crippen molar-refractivity contribution in [3.8, 4) is 0 Å². The first-order chi connectivity index (χ1) is 13.6. The lowest BCUT2D eigenvalue weighted by Gasteiger charge is -2.24. The molecule has 1 aliphatic rings. The minimum Gasteiger partial charge on any atom is -0.463 e. The first-order valence-corrected chi connectivity index (χ1v) is 9.34. The second kappa shape index (κ2) is 9.65. The lowest BCUT2D eigenvalue weighted by atomic mass is 10.1. The minimum atomic E-state index is -1.20. The predicted molar refractivity (Wildman–Crippen MR) is 103 cm³/mol. The Balaban J connectivity index is 2.51. The van der Waals surface area contributed by atoms with Gasteiger partial charge in [-0.1, -0.05) is 15.9 Å². The standard InChI is InChI=1S/C17H20BrN3O8/c1-8(22)26-7-12-13(27-9(2)23)14(28-10(3)24)16(29-12)21-6-11(4-5-18)15(19)20-17(21)25/h4-6,12-14,16H,7H2,1-3H3,(H2,19,20,25)/b5-4+/t12-,13+,14-,16-/m1/s1. The van der Waals surface area contributed by atoms with Crippen LogP contribution in [0.5, 0.6) is 0 Å². The van der Waals surface area contributed by atoms with Gasteiger partial charge in [0.1, 0.15) is 18.5 Å². The number of carbonyl (C=O) groups is 3. The van der Waals surface area contributed by atoms with Crippen molar-refractivity contribution in [1.82, 2.24) is 9.55 Å². The summed E-state index contributed by atoms with van der Waals surface area (Å²) in [7, 11) is 0. The van der Waals surface area contributed by atoms with Crippen LogP contribution in [0.15, 0.2) is 16.0 Å². The summed E-state index contributed by atoms with van der Waals surface area (Å²) in [6.45, 7) is 3.23. The van der Waals surface area contributed by atoms with Crippen LogP contribution in [0.3, 0.4) is 0 Å². The Kier molecular flexibility index (Phi) is 7.51. The Morgan fingerprint density at radius 2 is 1.83 bits per heavy atom. The normalized spacial score (nSPS) is 23.7. The van der Waals surface area contributed by atoms with Gasteiger partial charge in [0.2, 0.25) is 0 Å². The van der Waals surface area contributed by atoms with Crippen molar-refractivity contribution in [1.29, 1.82) is 0 Å². The molecular formula is C17H20BrN3O8. The highest BCUT2D eigenvalue weighted by molar-refractivity contribution is 9.11. The highest BCUT2D eigenvalue weighted by Crippen LogP contribution is 2.34. The number of ether oxygens (including phenoxy) is 4. The maximum Gasteiger partial charge on any atom is 0.351 e.